The van der Waals surface area contributed by atoms with E-state index >= 15 is 0 Å². The second kappa shape index (κ2) is 9.12. The molecule has 1 aliphatic carbocycles. The van der Waals surface area contributed by atoms with Gasteiger partial charge in [-0.05, 0) is 71.0 Å². The van der Waals surface area contributed by atoms with Gasteiger partial charge in [0.2, 0.25) is 0 Å². The highest BCUT2D eigenvalue weighted by Gasteiger charge is 2.24. The van der Waals surface area contributed by atoms with Crippen LogP contribution < -0.4 is 17.1 Å². The first-order valence-corrected chi connectivity index (χ1v) is 12.4. The summed E-state index contributed by atoms with van der Waals surface area (Å²) in [5, 5.41) is 1.36. The lowest BCUT2D eigenvalue weighted by atomic mass is 9.86. The van der Waals surface area contributed by atoms with Gasteiger partial charge in [-0.3, -0.25) is 0 Å². The van der Waals surface area contributed by atoms with Gasteiger partial charge in [0.15, 0.2) is 0 Å². The monoisotopic (exact) mass is 476 g/mol. The molecule has 0 bridgehead atoms. The fourth-order valence-electron chi connectivity index (χ4n) is 4.73. The molecule has 172 valence electrons. The fourth-order valence-corrected chi connectivity index (χ4v) is 6.14. The molecule has 0 spiro atoms. The predicted molar refractivity (Wildman–Crippen MR) is 137 cm³/mol. The highest BCUT2D eigenvalue weighted by Crippen LogP contribution is 2.43. The van der Waals surface area contributed by atoms with Gasteiger partial charge in [-0.1, -0.05) is 64.1 Å². The first-order valence-electron chi connectivity index (χ1n) is 11.5. The number of ether oxygens (including phenoxy) is 1. The summed E-state index contributed by atoms with van der Waals surface area (Å²) in [5.74, 6) is 1.64. The number of thiophene rings is 1. The van der Waals surface area contributed by atoms with Crippen molar-refractivity contribution < 1.29 is 17.1 Å². The average molecular weight is 477 g/mol. The molecule has 4 aromatic rings. The molecule has 2 nitrogen and oxygen atoms in total. The zero-order valence-corrected chi connectivity index (χ0v) is 21.6. The molecule has 1 unspecified atom stereocenters. The summed E-state index contributed by atoms with van der Waals surface area (Å²) in [6.45, 7) is 9.13. The molecule has 2 aromatic carbocycles. The maximum absolute atomic E-state index is 5.40. The minimum absolute atomic E-state index is 0. The molecule has 0 amide bonds. The quantitative estimate of drug-likeness (QED) is 0.412. The normalized spacial score (nSPS) is 15.7. The summed E-state index contributed by atoms with van der Waals surface area (Å²) in [7, 11) is 1.72. The van der Waals surface area contributed by atoms with E-state index in [0.29, 0.717) is 0 Å². The lowest BCUT2D eigenvalue weighted by Crippen LogP contribution is -3.00. The Balaban J connectivity index is 0.00000259. The van der Waals surface area contributed by atoms with Crippen molar-refractivity contribution in [2.45, 2.75) is 52.4 Å². The van der Waals surface area contributed by atoms with Gasteiger partial charge < -0.3 is 17.1 Å². The molecule has 0 aliphatic heterocycles. The number of fused-ring (bicyclic) bond motifs is 3. The van der Waals surface area contributed by atoms with Gasteiger partial charge in [0.1, 0.15) is 10.6 Å². The Morgan fingerprint density at radius 2 is 1.64 bits per heavy atom. The van der Waals surface area contributed by atoms with E-state index < -0.39 is 0 Å². The number of hydrogen-bond donors (Lipinski definition) is 0. The molecule has 0 radical (unpaired) electrons. The van der Waals surface area contributed by atoms with Gasteiger partial charge in [0.05, 0.1) is 12.8 Å². The smallest absolute Gasteiger partial charge is 0.125 e. The summed E-state index contributed by atoms with van der Waals surface area (Å²) in [5.41, 5.74) is 7.76. The van der Waals surface area contributed by atoms with Gasteiger partial charge in [-0.2, -0.15) is 0 Å². The van der Waals surface area contributed by atoms with Crippen LogP contribution in [0.1, 0.15) is 50.1 Å². The molecule has 5 rings (SSSR count). The van der Waals surface area contributed by atoms with E-state index in [1.165, 1.54) is 55.8 Å². The van der Waals surface area contributed by atoms with Crippen molar-refractivity contribution in [2.24, 2.45) is 5.92 Å². The van der Waals surface area contributed by atoms with E-state index in [1.54, 1.807) is 7.11 Å². The molecule has 1 aliphatic rings. The standard InChI is InChI=1S/C29H31NOS.ClH/c1-18-6-15-23-26(16-18)32-28-27(23)24(19-9-13-22(31-5)14-10-19)17-25(30-28)20-7-11-21(12-8-20)29(2,3)4;/h7-14,17-18H,6,15-16H2,1-5H3;1H/p-1. The van der Waals surface area contributed by atoms with E-state index in [4.69, 9.17) is 9.72 Å². The number of aromatic nitrogens is 1. The third-order valence-electron chi connectivity index (χ3n) is 6.71. The number of methoxy groups -OCH3 is 1. The van der Waals surface area contributed by atoms with Crippen molar-refractivity contribution in [3.63, 3.8) is 0 Å². The van der Waals surface area contributed by atoms with E-state index in [0.717, 1.165) is 23.8 Å². The molecule has 0 saturated heterocycles. The third kappa shape index (κ3) is 4.54. The van der Waals surface area contributed by atoms with Crippen molar-refractivity contribution in [1.82, 2.24) is 4.98 Å². The Bertz CT molecular complexity index is 1270. The summed E-state index contributed by atoms with van der Waals surface area (Å²) in [4.78, 5) is 7.88. The van der Waals surface area contributed by atoms with Crippen LogP contribution in [0, 0.1) is 5.92 Å². The molecule has 1 atom stereocenters. The van der Waals surface area contributed by atoms with Gasteiger partial charge >= 0.3 is 0 Å². The van der Waals surface area contributed by atoms with E-state index in [-0.39, 0.29) is 17.8 Å². The van der Waals surface area contributed by atoms with E-state index in [2.05, 4.69) is 82.3 Å². The zero-order chi connectivity index (χ0) is 22.5. The highest BCUT2D eigenvalue weighted by molar-refractivity contribution is 7.19. The SMILES string of the molecule is COc1ccc(-c2cc(-c3ccc(C(C)(C)C)cc3)nc3sc4c(c23)CCC(C)C4)cc1.[Cl-]. The fraction of sp³-hybridized carbons (Fsp3) is 0.345. The van der Waals surface area contributed by atoms with Crippen molar-refractivity contribution in [2.75, 3.05) is 7.11 Å². The number of pyridine rings is 1. The number of halogens is 1. The van der Waals surface area contributed by atoms with E-state index in [1.807, 2.05) is 11.3 Å². The lowest BCUT2D eigenvalue weighted by Gasteiger charge is -2.19. The number of hydrogen-bond acceptors (Lipinski definition) is 3. The minimum atomic E-state index is 0. The first-order chi connectivity index (χ1) is 15.3. The number of nitrogens with zero attached hydrogens (tertiary/aromatic N) is 1. The van der Waals surface area contributed by atoms with Gasteiger partial charge in [-0.25, -0.2) is 4.98 Å². The van der Waals surface area contributed by atoms with Crippen LogP contribution in [-0.4, -0.2) is 12.1 Å². The Kier molecular flexibility index (Phi) is 6.57. The lowest BCUT2D eigenvalue weighted by molar-refractivity contribution is -0.00000717. The molecular weight excluding hydrogens is 446 g/mol. The van der Waals surface area contributed by atoms with Crippen molar-refractivity contribution in [1.29, 1.82) is 0 Å². The summed E-state index contributed by atoms with van der Waals surface area (Å²) in [6, 6.07) is 19.7. The number of benzene rings is 2. The summed E-state index contributed by atoms with van der Waals surface area (Å²) >= 11 is 1.90. The third-order valence-corrected chi connectivity index (χ3v) is 7.86. The second-order valence-corrected chi connectivity index (χ2v) is 11.2. The Hall–Kier alpha value is -2.36. The van der Waals surface area contributed by atoms with Crippen LogP contribution in [0.2, 0.25) is 0 Å². The van der Waals surface area contributed by atoms with Gasteiger partial charge in [-0.15, -0.1) is 11.3 Å². The van der Waals surface area contributed by atoms with Crippen molar-refractivity contribution in [3.8, 4) is 28.1 Å². The van der Waals surface area contributed by atoms with Crippen molar-refractivity contribution in [3.05, 3.63) is 70.6 Å². The van der Waals surface area contributed by atoms with E-state index in [9.17, 15) is 0 Å². The molecule has 33 heavy (non-hydrogen) atoms. The molecule has 0 fully saturated rings. The largest absolute Gasteiger partial charge is 1.00 e. The molecular formula is C29H31ClNOS-. The zero-order valence-electron chi connectivity index (χ0n) is 20.0. The van der Waals surface area contributed by atoms with Crippen LogP contribution in [0.15, 0.2) is 54.6 Å². The molecule has 2 aromatic heterocycles. The molecule has 0 saturated carbocycles. The first kappa shape index (κ1) is 23.8. The highest BCUT2D eigenvalue weighted by atomic mass is 35.5. The topological polar surface area (TPSA) is 22.1 Å². The molecule has 4 heteroatoms. The number of rotatable bonds is 3. The predicted octanol–water partition coefficient (Wildman–Crippen LogP) is 5.07. The minimum Gasteiger partial charge on any atom is -1.00 e. The summed E-state index contributed by atoms with van der Waals surface area (Å²) < 4.78 is 5.40. The van der Waals surface area contributed by atoms with Gasteiger partial charge in [0, 0.05) is 15.8 Å². The Labute approximate surface area is 207 Å². The molecule has 0 N–H and O–H groups in total. The Morgan fingerprint density at radius 3 is 2.27 bits per heavy atom. The van der Waals surface area contributed by atoms with Crippen LogP contribution in [0.3, 0.4) is 0 Å². The second-order valence-electron chi connectivity index (χ2n) is 10.1. The Morgan fingerprint density at radius 1 is 0.970 bits per heavy atom. The van der Waals surface area contributed by atoms with Gasteiger partial charge in [0.25, 0.3) is 0 Å². The van der Waals surface area contributed by atoms with Crippen LogP contribution in [0.4, 0.5) is 0 Å². The maximum Gasteiger partial charge on any atom is 0.125 e. The van der Waals surface area contributed by atoms with Crippen LogP contribution in [0.5, 0.6) is 5.75 Å². The van der Waals surface area contributed by atoms with Crippen LogP contribution in [0.25, 0.3) is 32.6 Å². The molecule has 2 heterocycles. The van der Waals surface area contributed by atoms with Crippen molar-refractivity contribution >= 4 is 21.6 Å². The summed E-state index contributed by atoms with van der Waals surface area (Å²) in [6.07, 6.45) is 3.59. The average Bonchev–Trinajstić information content (AvgIpc) is 3.15. The van der Waals surface area contributed by atoms with Crippen LogP contribution >= 0.6 is 11.3 Å². The van der Waals surface area contributed by atoms with Crippen LogP contribution in [-0.2, 0) is 18.3 Å². The number of aryl methyl sites for hydroxylation is 1. The maximum atomic E-state index is 5.40.